The zero-order valence-corrected chi connectivity index (χ0v) is 19.1. The second kappa shape index (κ2) is 9.51. The SMILES string of the molecule is CC(OC(=O)c1ccc(NS(=O)(=O)c2cccs2)cc1)C(=O)NCc1ccc2c(c1)OCO2. The Labute approximate surface area is 194 Å². The number of fused-ring (bicyclic) bond motifs is 1. The Balaban J connectivity index is 1.29. The molecule has 1 unspecified atom stereocenters. The third-order valence-corrected chi connectivity index (χ3v) is 7.47. The molecule has 0 bridgehead atoms. The van der Waals surface area contributed by atoms with Gasteiger partial charge >= 0.3 is 5.97 Å². The van der Waals surface area contributed by atoms with Gasteiger partial charge in [0.25, 0.3) is 15.9 Å². The van der Waals surface area contributed by atoms with Crippen molar-refractivity contribution in [2.24, 2.45) is 0 Å². The smallest absolute Gasteiger partial charge is 0.338 e. The number of carbonyl (C=O) groups excluding carboxylic acids is 2. The van der Waals surface area contributed by atoms with Crippen LogP contribution in [0.1, 0.15) is 22.8 Å². The summed E-state index contributed by atoms with van der Waals surface area (Å²) in [5, 5.41) is 4.37. The Kier molecular flexibility index (Phi) is 6.52. The number of nitrogens with one attached hydrogen (secondary N) is 2. The number of carbonyl (C=O) groups is 2. The number of rotatable bonds is 8. The van der Waals surface area contributed by atoms with Crippen molar-refractivity contribution in [1.29, 1.82) is 0 Å². The van der Waals surface area contributed by atoms with Gasteiger partial charge in [-0.3, -0.25) is 9.52 Å². The van der Waals surface area contributed by atoms with Crippen LogP contribution in [-0.4, -0.2) is 33.2 Å². The highest BCUT2D eigenvalue weighted by Gasteiger charge is 2.20. The van der Waals surface area contributed by atoms with Crippen LogP contribution in [0.25, 0.3) is 0 Å². The van der Waals surface area contributed by atoms with E-state index >= 15 is 0 Å². The van der Waals surface area contributed by atoms with Gasteiger partial charge < -0.3 is 19.5 Å². The van der Waals surface area contributed by atoms with Crippen LogP contribution in [-0.2, 0) is 26.1 Å². The number of hydrogen-bond acceptors (Lipinski definition) is 8. The fourth-order valence-corrected chi connectivity index (χ4v) is 5.01. The molecule has 0 aliphatic carbocycles. The zero-order valence-electron chi connectivity index (χ0n) is 17.4. The first-order valence-electron chi connectivity index (χ1n) is 9.85. The topological polar surface area (TPSA) is 120 Å². The number of sulfonamides is 1. The molecule has 172 valence electrons. The molecule has 2 aromatic carbocycles. The first-order chi connectivity index (χ1) is 15.8. The second-order valence-corrected chi connectivity index (χ2v) is 9.92. The van der Waals surface area contributed by atoms with Crippen LogP contribution in [0.3, 0.4) is 0 Å². The van der Waals surface area contributed by atoms with E-state index < -0.39 is 28.0 Å². The van der Waals surface area contributed by atoms with Crippen LogP contribution in [0.2, 0.25) is 0 Å². The Hall–Kier alpha value is -3.57. The Morgan fingerprint density at radius 1 is 1.09 bits per heavy atom. The minimum absolute atomic E-state index is 0.166. The quantitative estimate of drug-likeness (QED) is 0.468. The fourth-order valence-electron chi connectivity index (χ4n) is 2.96. The number of anilines is 1. The molecule has 0 radical (unpaired) electrons. The molecule has 33 heavy (non-hydrogen) atoms. The highest BCUT2D eigenvalue weighted by atomic mass is 32.2. The van der Waals surface area contributed by atoms with E-state index in [0.29, 0.717) is 17.2 Å². The summed E-state index contributed by atoms with van der Waals surface area (Å²) in [5.41, 5.74) is 1.30. The number of hydrogen-bond donors (Lipinski definition) is 2. The van der Waals surface area contributed by atoms with Crippen molar-refractivity contribution in [3.8, 4) is 11.5 Å². The fraction of sp³-hybridized carbons (Fsp3) is 0.182. The van der Waals surface area contributed by atoms with Crippen molar-refractivity contribution in [3.63, 3.8) is 0 Å². The summed E-state index contributed by atoms with van der Waals surface area (Å²) < 4.78 is 43.0. The molecular formula is C22H20N2O7S2. The predicted molar refractivity (Wildman–Crippen MR) is 121 cm³/mol. The molecule has 1 aliphatic heterocycles. The van der Waals surface area contributed by atoms with E-state index in [1.54, 1.807) is 29.6 Å². The maximum atomic E-state index is 12.4. The minimum Gasteiger partial charge on any atom is -0.454 e. The maximum Gasteiger partial charge on any atom is 0.338 e. The molecule has 0 saturated heterocycles. The van der Waals surface area contributed by atoms with Crippen LogP contribution in [0.4, 0.5) is 5.69 Å². The molecule has 1 atom stereocenters. The molecule has 3 aromatic rings. The van der Waals surface area contributed by atoms with E-state index in [4.69, 9.17) is 14.2 Å². The highest BCUT2D eigenvalue weighted by Crippen LogP contribution is 2.32. The Morgan fingerprint density at radius 3 is 2.58 bits per heavy atom. The van der Waals surface area contributed by atoms with E-state index in [1.807, 2.05) is 0 Å². The van der Waals surface area contributed by atoms with Gasteiger partial charge in [0, 0.05) is 12.2 Å². The summed E-state index contributed by atoms with van der Waals surface area (Å²) in [4.78, 5) is 24.7. The van der Waals surface area contributed by atoms with Crippen molar-refractivity contribution in [2.75, 3.05) is 11.5 Å². The van der Waals surface area contributed by atoms with E-state index in [-0.39, 0.29) is 23.1 Å². The average Bonchev–Trinajstić information content (AvgIpc) is 3.49. The van der Waals surface area contributed by atoms with E-state index in [0.717, 1.165) is 16.9 Å². The van der Waals surface area contributed by atoms with Gasteiger partial charge in [0.1, 0.15) is 4.21 Å². The van der Waals surface area contributed by atoms with Gasteiger partial charge in [0.05, 0.1) is 5.56 Å². The molecule has 4 rings (SSSR count). The van der Waals surface area contributed by atoms with Crippen molar-refractivity contribution in [2.45, 2.75) is 23.8 Å². The largest absolute Gasteiger partial charge is 0.454 e. The number of benzene rings is 2. The third kappa shape index (κ3) is 5.44. The lowest BCUT2D eigenvalue weighted by Crippen LogP contribution is -2.35. The van der Waals surface area contributed by atoms with Crippen LogP contribution in [0, 0.1) is 0 Å². The van der Waals surface area contributed by atoms with Crippen LogP contribution in [0.15, 0.2) is 64.2 Å². The molecule has 2 N–H and O–H groups in total. The lowest BCUT2D eigenvalue weighted by atomic mass is 10.2. The molecule has 1 aliphatic rings. The highest BCUT2D eigenvalue weighted by molar-refractivity contribution is 7.94. The molecular weight excluding hydrogens is 468 g/mol. The average molecular weight is 489 g/mol. The van der Waals surface area contributed by atoms with Gasteiger partial charge in [-0.15, -0.1) is 11.3 Å². The molecule has 11 heteroatoms. The zero-order chi connectivity index (χ0) is 23.4. The number of amides is 1. The summed E-state index contributed by atoms with van der Waals surface area (Å²) in [7, 11) is -3.68. The third-order valence-electron chi connectivity index (χ3n) is 4.69. The first-order valence-corrected chi connectivity index (χ1v) is 12.2. The van der Waals surface area contributed by atoms with Crippen molar-refractivity contribution < 1.29 is 32.2 Å². The number of ether oxygens (including phenoxy) is 3. The van der Waals surface area contributed by atoms with Crippen molar-refractivity contribution >= 4 is 38.9 Å². The molecule has 1 amide bonds. The predicted octanol–water partition coefficient (Wildman–Crippen LogP) is 3.14. The van der Waals surface area contributed by atoms with Gasteiger partial charge in [-0.2, -0.15) is 0 Å². The van der Waals surface area contributed by atoms with Crippen molar-refractivity contribution in [1.82, 2.24) is 5.32 Å². The lowest BCUT2D eigenvalue weighted by molar-refractivity contribution is -0.129. The number of esters is 1. The van der Waals surface area contributed by atoms with Gasteiger partial charge in [-0.05, 0) is 60.3 Å². The van der Waals surface area contributed by atoms with Gasteiger partial charge in [-0.25, -0.2) is 13.2 Å². The Morgan fingerprint density at radius 2 is 1.85 bits per heavy atom. The monoisotopic (exact) mass is 488 g/mol. The maximum absolute atomic E-state index is 12.4. The lowest BCUT2D eigenvalue weighted by Gasteiger charge is -2.14. The molecule has 0 spiro atoms. The van der Waals surface area contributed by atoms with Crippen molar-refractivity contribution in [3.05, 3.63) is 71.1 Å². The van der Waals surface area contributed by atoms with Gasteiger partial charge in [0.15, 0.2) is 17.6 Å². The van der Waals surface area contributed by atoms with Gasteiger partial charge in [0.2, 0.25) is 6.79 Å². The summed E-state index contributed by atoms with van der Waals surface area (Å²) in [6, 6.07) is 14.2. The first kappa shape index (κ1) is 22.6. The second-order valence-electron chi connectivity index (χ2n) is 7.07. The minimum atomic E-state index is -3.68. The molecule has 9 nitrogen and oxygen atoms in total. The Bertz CT molecular complexity index is 1260. The van der Waals surface area contributed by atoms with E-state index in [9.17, 15) is 18.0 Å². The van der Waals surface area contributed by atoms with E-state index in [2.05, 4.69) is 10.0 Å². The molecule has 2 heterocycles. The van der Waals surface area contributed by atoms with E-state index in [1.165, 1.54) is 37.3 Å². The summed E-state index contributed by atoms with van der Waals surface area (Å²) in [5.74, 6) is 0.106. The standard InChI is InChI=1S/C22H20N2O7S2/c1-14(21(25)23-12-15-4-9-18-19(11-15)30-13-29-18)31-22(26)16-5-7-17(8-6-16)24-33(27,28)20-3-2-10-32-20/h2-11,14,24H,12-13H2,1H3,(H,23,25). The van der Waals surface area contributed by atoms with Gasteiger partial charge in [-0.1, -0.05) is 12.1 Å². The van der Waals surface area contributed by atoms with Crippen LogP contribution in [0.5, 0.6) is 11.5 Å². The molecule has 0 fully saturated rings. The molecule has 1 aromatic heterocycles. The summed E-state index contributed by atoms with van der Waals surface area (Å²) in [6.07, 6.45) is -1.02. The van der Waals surface area contributed by atoms with Crippen LogP contribution < -0.4 is 19.5 Å². The molecule has 0 saturated carbocycles. The van der Waals surface area contributed by atoms with Crippen LogP contribution >= 0.6 is 11.3 Å². The summed E-state index contributed by atoms with van der Waals surface area (Å²) >= 11 is 1.10. The normalized spacial score (nSPS) is 13.2. The summed E-state index contributed by atoms with van der Waals surface area (Å²) in [6.45, 7) is 1.87. The number of thiophene rings is 1.